The molecular weight excluding hydrogens is 419 g/mol. The van der Waals surface area contributed by atoms with Crippen LogP contribution >= 0.6 is 24.0 Å². The van der Waals surface area contributed by atoms with Crippen LogP contribution in [0.5, 0.6) is 0 Å². The van der Waals surface area contributed by atoms with Gasteiger partial charge in [0, 0.05) is 33.2 Å². The van der Waals surface area contributed by atoms with Gasteiger partial charge in [-0.05, 0) is 6.42 Å². The molecular formula is C13H29IN4O3S. The van der Waals surface area contributed by atoms with E-state index in [9.17, 15) is 8.42 Å². The van der Waals surface area contributed by atoms with Crippen molar-refractivity contribution < 1.29 is 13.2 Å². The summed E-state index contributed by atoms with van der Waals surface area (Å²) in [5.74, 6) is 0.728. The van der Waals surface area contributed by atoms with Gasteiger partial charge in [-0.25, -0.2) is 8.42 Å². The Labute approximate surface area is 151 Å². The zero-order chi connectivity index (χ0) is 15.6. The molecule has 1 fully saturated rings. The van der Waals surface area contributed by atoms with E-state index >= 15 is 0 Å². The minimum atomic E-state index is -3.21. The molecule has 0 atom stereocenters. The Hall–Kier alpha value is -0.130. The largest absolute Gasteiger partial charge is 0.379 e. The van der Waals surface area contributed by atoms with Crippen molar-refractivity contribution in [2.45, 2.75) is 26.2 Å². The highest BCUT2D eigenvalue weighted by Crippen LogP contribution is 2.04. The molecule has 1 saturated heterocycles. The van der Waals surface area contributed by atoms with Crippen molar-refractivity contribution in [2.24, 2.45) is 4.99 Å². The van der Waals surface area contributed by atoms with Gasteiger partial charge in [-0.2, -0.15) is 4.31 Å². The fourth-order valence-electron chi connectivity index (χ4n) is 2.05. The summed E-state index contributed by atoms with van der Waals surface area (Å²) in [4.78, 5) is 4.08. The first kappa shape index (κ1) is 21.9. The van der Waals surface area contributed by atoms with E-state index in [0.29, 0.717) is 38.8 Å². The number of nitrogens with zero attached hydrogens (tertiary/aromatic N) is 2. The van der Waals surface area contributed by atoms with Gasteiger partial charge in [0.2, 0.25) is 10.0 Å². The molecule has 0 radical (unpaired) electrons. The Bertz CT molecular complexity index is 412. The average Bonchev–Trinajstić information content (AvgIpc) is 2.50. The third kappa shape index (κ3) is 8.49. The highest BCUT2D eigenvalue weighted by Gasteiger charge is 2.23. The number of guanidine groups is 1. The lowest BCUT2D eigenvalue weighted by molar-refractivity contribution is 0.0730. The Morgan fingerprint density at radius 2 is 1.82 bits per heavy atom. The number of unbranched alkanes of at least 4 members (excludes halogenated alkanes) is 2. The van der Waals surface area contributed by atoms with E-state index < -0.39 is 10.0 Å². The lowest BCUT2D eigenvalue weighted by Crippen LogP contribution is -2.45. The molecule has 0 aromatic rings. The molecule has 22 heavy (non-hydrogen) atoms. The zero-order valence-corrected chi connectivity index (χ0v) is 16.7. The normalized spacial score (nSPS) is 16.9. The number of aliphatic imine (C=N–C) groups is 1. The summed E-state index contributed by atoms with van der Waals surface area (Å²) in [6, 6.07) is 0. The van der Waals surface area contributed by atoms with Crippen LogP contribution in [0.25, 0.3) is 0 Å². The quantitative estimate of drug-likeness (QED) is 0.246. The Morgan fingerprint density at radius 3 is 2.41 bits per heavy atom. The Morgan fingerprint density at radius 1 is 1.18 bits per heavy atom. The summed E-state index contributed by atoms with van der Waals surface area (Å²) < 4.78 is 30.9. The van der Waals surface area contributed by atoms with E-state index in [0.717, 1.165) is 13.0 Å². The standard InChI is InChI=1S/C13H28N4O3S.HI/c1-3-4-5-6-15-13(14-2)16-7-12-21(18,19)17-8-10-20-11-9-17;/h3-12H2,1-2H3,(H2,14,15,16);1H. The molecule has 0 saturated carbocycles. The monoisotopic (exact) mass is 448 g/mol. The second-order valence-corrected chi connectivity index (χ2v) is 7.05. The third-order valence-corrected chi connectivity index (χ3v) is 5.18. The topological polar surface area (TPSA) is 83.0 Å². The van der Waals surface area contributed by atoms with E-state index in [-0.39, 0.29) is 29.7 Å². The van der Waals surface area contributed by atoms with Crippen molar-refractivity contribution in [2.75, 3.05) is 52.2 Å². The van der Waals surface area contributed by atoms with E-state index in [4.69, 9.17) is 4.74 Å². The summed E-state index contributed by atoms with van der Waals surface area (Å²) in [6.45, 7) is 5.22. The molecule has 0 unspecified atom stereocenters. The zero-order valence-electron chi connectivity index (χ0n) is 13.5. The van der Waals surface area contributed by atoms with Crippen LogP contribution in [0.3, 0.4) is 0 Å². The molecule has 1 aliphatic heterocycles. The highest BCUT2D eigenvalue weighted by molar-refractivity contribution is 14.0. The van der Waals surface area contributed by atoms with Crippen LogP contribution in [0.15, 0.2) is 4.99 Å². The van der Waals surface area contributed by atoms with Gasteiger partial charge in [0.25, 0.3) is 0 Å². The number of nitrogens with one attached hydrogen (secondary N) is 2. The number of morpholine rings is 1. The van der Waals surface area contributed by atoms with Crippen molar-refractivity contribution in [3.8, 4) is 0 Å². The van der Waals surface area contributed by atoms with Crippen molar-refractivity contribution in [3.63, 3.8) is 0 Å². The summed E-state index contributed by atoms with van der Waals surface area (Å²) >= 11 is 0. The smallest absolute Gasteiger partial charge is 0.215 e. The van der Waals surface area contributed by atoms with Crippen LogP contribution in [-0.4, -0.2) is 70.9 Å². The first-order chi connectivity index (χ1) is 10.1. The van der Waals surface area contributed by atoms with Gasteiger partial charge in [0.1, 0.15) is 0 Å². The number of hydrogen-bond acceptors (Lipinski definition) is 4. The summed E-state index contributed by atoms with van der Waals surface area (Å²) in [5, 5.41) is 6.22. The first-order valence-corrected chi connectivity index (χ1v) is 9.21. The molecule has 2 N–H and O–H groups in total. The molecule has 0 bridgehead atoms. The fourth-order valence-corrected chi connectivity index (χ4v) is 3.38. The fraction of sp³-hybridized carbons (Fsp3) is 0.923. The maximum absolute atomic E-state index is 12.1. The van der Waals surface area contributed by atoms with Crippen LogP contribution in [-0.2, 0) is 14.8 Å². The number of ether oxygens (including phenoxy) is 1. The van der Waals surface area contributed by atoms with Gasteiger partial charge in [0.05, 0.1) is 19.0 Å². The minimum Gasteiger partial charge on any atom is -0.379 e. The minimum absolute atomic E-state index is 0. The second kappa shape index (κ2) is 12.3. The van der Waals surface area contributed by atoms with Crippen LogP contribution in [0.2, 0.25) is 0 Å². The lowest BCUT2D eigenvalue weighted by atomic mass is 10.2. The Kier molecular flexibility index (Phi) is 12.2. The number of halogens is 1. The van der Waals surface area contributed by atoms with Gasteiger partial charge in [0.15, 0.2) is 5.96 Å². The molecule has 0 amide bonds. The molecule has 0 aliphatic carbocycles. The van der Waals surface area contributed by atoms with E-state index in [1.165, 1.54) is 17.1 Å². The van der Waals surface area contributed by atoms with Crippen molar-refractivity contribution in [1.29, 1.82) is 0 Å². The number of sulfonamides is 1. The molecule has 7 nitrogen and oxygen atoms in total. The molecule has 1 aliphatic rings. The second-order valence-electron chi connectivity index (χ2n) is 4.96. The average molecular weight is 448 g/mol. The third-order valence-electron chi connectivity index (χ3n) is 3.31. The van der Waals surface area contributed by atoms with E-state index in [1.807, 2.05) is 0 Å². The summed E-state index contributed by atoms with van der Waals surface area (Å²) in [7, 11) is -1.52. The predicted octanol–water partition coefficient (Wildman–Crippen LogP) is 0.622. The maximum Gasteiger partial charge on any atom is 0.215 e. The van der Waals surface area contributed by atoms with Gasteiger partial charge in [-0.3, -0.25) is 4.99 Å². The maximum atomic E-state index is 12.1. The van der Waals surface area contributed by atoms with Gasteiger partial charge in [-0.15, -0.1) is 24.0 Å². The lowest BCUT2D eigenvalue weighted by Gasteiger charge is -2.26. The molecule has 132 valence electrons. The van der Waals surface area contributed by atoms with Crippen LogP contribution in [0.4, 0.5) is 0 Å². The molecule has 0 aromatic carbocycles. The number of hydrogen-bond donors (Lipinski definition) is 2. The highest BCUT2D eigenvalue weighted by atomic mass is 127. The van der Waals surface area contributed by atoms with Crippen molar-refractivity contribution in [3.05, 3.63) is 0 Å². The molecule has 0 aromatic heterocycles. The van der Waals surface area contributed by atoms with Crippen LogP contribution in [0.1, 0.15) is 26.2 Å². The van der Waals surface area contributed by atoms with Crippen LogP contribution < -0.4 is 10.6 Å². The molecule has 1 rings (SSSR count). The van der Waals surface area contributed by atoms with Gasteiger partial charge < -0.3 is 15.4 Å². The van der Waals surface area contributed by atoms with Crippen molar-refractivity contribution in [1.82, 2.24) is 14.9 Å². The molecule has 9 heteroatoms. The van der Waals surface area contributed by atoms with Crippen molar-refractivity contribution >= 4 is 40.0 Å². The first-order valence-electron chi connectivity index (χ1n) is 7.60. The summed E-state index contributed by atoms with van der Waals surface area (Å²) in [5.41, 5.74) is 0. The SMILES string of the molecule is CCCCCNC(=NC)NCCS(=O)(=O)N1CCOCC1.I. The molecule has 0 spiro atoms. The predicted molar refractivity (Wildman–Crippen MR) is 100 cm³/mol. The number of rotatable bonds is 8. The van der Waals surface area contributed by atoms with Gasteiger partial charge in [-0.1, -0.05) is 19.8 Å². The van der Waals surface area contributed by atoms with Gasteiger partial charge >= 0.3 is 0 Å². The van der Waals surface area contributed by atoms with E-state index in [2.05, 4.69) is 22.5 Å². The molecule has 1 heterocycles. The van der Waals surface area contributed by atoms with E-state index in [1.54, 1.807) is 7.05 Å². The summed E-state index contributed by atoms with van der Waals surface area (Å²) in [6.07, 6.45) is 3.43. The van der Waals surface area contributed by atoms with Crippen LogP contribution in [0, 0.1) is 0 Å². The Balaban J connectivity index is 0.00000441.